The Morgan fingerprint density at radius 1 is 0.875 bits per heavy atom. The first-order chi connectivity index (χ1) is 7.88. The summed E-state index contributed by atoms with van der Waals surface area (Å²) in [6.07, 6.45) is 3.10. The van der Waals surface area contributed by atoms with Crippen LogP contribution in [0.2, 0.25) is 0 Å². The summed E-state index contributed by atoms with van der Waals surface area (Å²) in [5.41, 5.74) is 3.43. The van der Waals surface area contributed by atoms with Gasteiger partial charge in [0.25, 0.3) is 0 Å². The van der Waals surface area contributed by atoms with E-state index in [1.807, 2.05) is 36.4 Å². The first kappa shape index (κ1) is 10.9. The van der Waals surface area contributed by atoms with Crippen molar-refractivity contribution in [2.24, 2.45) is 0 Å². The van der Waals surface area contributed by atoms with Crippen LogP contribution in [0, 0.1) is 6.42 Å². The lowest BCUT2D eigenvalue weighted by molar-refractivity contribution is 0.282. The van der Waals surface area contributed by atoms with Crippen molar-refractivity contribution in [1.29, 1.82) is 0 Å². The monoisotopic (exact) mass is 211 g/mol. The molecule has 1 nitrogen and oxygen atoms in total. The summed E-state index contributed by atoms with van der Waals surface area (Å²) in [6, 6.07) is 18.3. The lowest BCUT2D eigenvalue weighted by Gasteiger charge is -2.03. The van der Waals surface area contributed by atoms with E-state index in [2.05, 4.69) is 24.6 Å². The molecule has 2 aromatic carbocycles. The highest BCUT2D eigenvalue weighted by atomic mass is 16.3. The summed E-state index contributed by atoms with van der Waals surface area (Å²) < 4.78 is 0. The molecule has 0 aliphatic heterocycles. The van der Waals surface area contributed by atoms with Crippen LogP contribution in [0.5, 0.6) is 0 Å². The van der Waals surface area contributed by atoms with Crippen molar-refractivity contribution < 1.29 is 5.11 Å². The largest absolute Gasteiger partial charge is 0.392 e. The molecule has 0 aliphatic carbocycles. The Morgan fingerprint density at radius 3 is 2.38 bits per heavy atom. The predicted molar refractivity (Wildman–Crippen MR) is 65.9 cm³/mol. The van der Waals surface area contributed by atoms with Crippen molar-refractivity contribution in [3.63, 3.8) is 0 Å². The molecule has 1 radical (unpaired) electrons. The third-order valence-corrected chi connectivity index (χ3v) is 2.55. The average Bonchev–Trinajstić information content (AvgIpc) is 2.38. The van der Waals surface area contributed by atoms with Gasteiger partial charge in [0.05, 0.1) is 6.61 Å². The predicted octanol–water partition coefficient (Wildman–Crippen LogP) is 2.97. The topological polar surface area (TPSA) is 20.2 Å². The fourth-order valence-electron chi connectivity index (χ4n) is 1.67. The van der Waals surface area contributed by atoms with Crippen LogP contribution in [-0.4, -0.2) is 5.11 Å². The summed E-state index contributed by atoms with van der Waals surface area (Å²) >= 11 is 0. The minimum absolute atomic E-state index is 0.104. The molecule has 0 amide bonds. The second-order valence-corrected chi connectivity index (χ2v) is 3.80. The Bertz CT molecular complexity index is 434. The highest BCUT2D eigenvalue weighted by Gasteiger charge is 1.97. The second-order valence-electron chi connectivity index (χ2n) is 3.80. The van der Waals surface area contributed by atoms with Crippen molar-refractivity contribution in [1.82, 2.24) is 0 Å². The Kier molecular flexibility index (Phi) is 3.73. The maximum absolute atomic E-state index is 9.03. The summed E-state index contributed by atoms with van der Waals surface area (Å²) in [5, 5.41) is 9.03. The molecule has 0 aliphatic rings. The minimum Gasteiger partial charge on any atom is -0.392 e. The van der Waals surface area contributed by atoms with Gasteiger partial charge in [-0.05, 0) is 29.5 Å². The van der Waals surface area contributed by atoms with E-state index >= 15 is 0 Å². The van der Waals surface area contributed by atoms with Crippen LogP contribution in [0.1, 0.15) is 16.7 Å². The van der Waals surface area contributed by atoms with Gasteiger partial charge in [0, 0.05) is 0 Å². The van der Waals surface area contributed by atoms with E-state index in [0.717, 1.165) is 17.5 Å². The van der Waals surface area contributed by atoms with Crippen molar-refractivity contribution in [3.05, 3.63) is 77.7 Å². The molecule has 1 N–H and O–H groups in total. The molecule has 1 heteroatoms. The van der Waals surface area contributed by atoms with Crippen LogP contribution in [-0.2, 0) is 13.0 Å². The number of aliphatic hydroxyl groups is 1. The number of benzene rings is 2. The van der Waals surface area contributed by atoms with Gasteiger partial charge >= 0.3 is 0 Å². The lowest BCUT2D eigenvalue weighted by atomic mass is 10.0. The first-order valence-corrected chi connectivity index (χ1v) is 5.45. The van der Waals surface area contributed by atoms with Crippen LogP contribution in [0.4, 0.5) is 0 Å². The number of rotatable bonds is 4. The van der Waals surface area contributed by atoms with Gasteiger partial charge in [-0.15, -0.1) is 0 Å². The quantitative estimate of drug-likeness (QED) is 0.824. The maximum Gasteiger partial charge on any atom is 0.0681 e. The zero-order valence-electron chi connectivity index (χ0n) is 9.13. The molecule has 0 spiro atoms. The molecule has 0 saturated carbocycles. The van der Waals surface area contributed by atoms with Gasteiger partial charge in [-0.3, -0.25) is 0 Å². The first-order valence-electron chi connectivity index (χ1n) is 5.45. The third kappa shape index (κ3) is 2.94. The summed E-state index contributed by atoms with van der Waals surface area (Å²) in [6.45, 7) is 0.104. The molecule has 0 fully saturated rings. The molecule has 0 heterocycles. The smallest absolute Gasteiger partial charge is 0.0681 e. The van der Waals surface area contributed by atoms with Gasteiger partial charge in [0.2, 0.25) is 0 Å². The van der Waals surface area contributed by atoms with Crippen LogP contribution < -0.4 is 0 Å². The molecule has 0 atom stereocenters. The van der Waals surface area contributed by atoms with E-state index in [9.17, 15) is 0 Å². The zero-order valence-corrected chi connectivity index (χ0v) is 9.13. The highest BCUT2D eigenvalue weighted by Crippen LogP contribution is 2.11. The molecular formula is C15H15O. The van der Waals surface area contributed by atoms with E-state index in [4.69, 9.17) is 5.11 Å². The molecular weight excluding hydrogens is 196 g/mol. The summed E-state index contributed by atoms with van der Waals surface area (Å²) in [4.78, 5) is 0. The van der Waals surface area contributed by atoms with E-state index < -0.39 is 0 Å². The molecule has 2 rings (SSSR count). The fourth-order valence-corrected chi connectivity index (χ4v) is 1.67. The van der Waals surface area contributed by atoms with Gasteiger partial charge in [0.1, 0.15) is 0 Å². The van der Waals surface area contributed by atoms with Gasteiger partial charge in [-0.1, -0.05) is 54.6 Å². The molecule has 0 unspecified atom stereocenters. The molecule has 81 valence electrons. The normalized spacial score (nSPS) is 10.3. The number of aliphatic hydroxyl groups excluding tert-OH is 1. The molecule has 2 aromatic rings. The van der Waals surface area contributed by atoms with Crippen molar-refractivity contribution in [2.45, 2.75) is 13.0 Å². The molecule has 0 saturated heterocycles. The van der Waals surface area contributed by atoms with E-state index in [1.54, 1.807) is 0 Å². The lowest BCUT2D eigenvalue weighted by Crippen LogP contribution is -1.90. The summed E-state index contributed by atoms with van der Waals surface area (Å²) in [7, 11) is 0. The van der Waals surface area contributed by atoms with Crippen molar-refractivity contribution >= 4 is 0 Å². The van der Waals surface area contributed by atoms with Crippen molar-refractivity contribution in [3.8, 4) is 0 Å². The SMILES string of the molecule is OCc1cccc([CH]Cc2ccccc2)c1. The van der Waals surface area contributed by atoms with E-state index in [0.29, 0.717) is 0 Å². The van der Waals surface area contributed by atoms with Gasteiger partial charge < -0.3 is 5.11 Å². The van der Waals surface area contributed by atoms with Crippen LogP contribution in [0.3, 0.4) is 0 Å². The third-order valence-electron chi connectivity index (χ3n) is 2.55. The van der Waals surface area contributed by atoms with Crippen LogP contribution in [0.15, 0.2) is 54.6 Å². The minimum atomic E-state index is 0.104. The second kappa shape index (κ2) is 5.47. The van der Waals surface area contributed by atoms with Crippen molar-refractivity contribution in [2.75, 3.05) is 0 Å². The maximum atomic E-state index is 9.03. The van der Waals surface area contributed by atoms with Gasteiger partial charge in [-0.25, -0.2) is 0 Å². The van der Waals surface area contributed by atoms with Gasteiger partial charge in [-0.2, -0.15) is 0 Å². The zero-order chi connectivity index (χ0) is 11.2. The average molecular weight is 211 g/mol. The number of hydrogen-bond donors (Lipinski definition) is 1. The Morgan fingerprint density at radius 2 is 1.62 bits per heavy atom. The number of hydrogen-bond acceptors (Lipinski definition) is 1. The molecule has 16 heavy (non-hydrogen) atoms. The summed E-state index contributed by atoms with van der Waals surface area (Å²) in [5.74, 6) is 0. The fraction of sp³-hybridized carbons (Fsp3) is 0.133. The van der Waals surface area contributed by atoms with E-state index in [1.165, 1.54) is 5.56 Å². The van der Waals surface area contributed by atoms with Crippen LogP contribution >= 0.6 is 0 Å². The Balaban J connectivity index is 1.99. The van der Waals surface area contributed by atoms with Gasteiger partial charge in [0.15, 0.2) is 0 Å². The van der Waals surface area contributed by atoms with Crippen LogP contribution in [0.25, 0.3) is 0 Å². The highest BCUT2D eigenvalue weighted by molar-refractivity contribution is 5.30. The molecule has 0 aromatic heterocycles. The standard InChI is InChI=1S/C15H15O/c16-12-15-8-4-7-14(11-15)10-9-13-5-2-1-3-6-13/h1-8,10-11,16H,9,12H2. The van der Waals surface area contributed by atoms with E-state index in [-0.39, 0.29) is 6.61 Å². The molecule has 0 bridgehead atoms. The Labute approximate surface area is 96.4 Å². The Hall–Kier alpha value is -1.60.